The predicted molar refractivity (Wildman–Crippen MR) is 161 cm³/mol. The number of morpholine rings is 1. The van der Waals surface area contributed by atoms with Crippen molar-refractivity contribution >= 4 is 46.7 Å². The van der Waals surface area contributed by atoms with Gasteiger partial charge in [-0.1, -0.05) is 67.4 Å². The SMILES string of the molecule is CC(C)[C@H](NC(=O)C(Cc1ccccc1)NC(=O)COc1cc(Cl)cc(Cl)c1)C(=O)C(F)(F)C(=O)NCCN1CCOCC1. The van der Waals surface area contributed by atoms with E-state index in [0.717, 1.165) is 0 Å². The van der Waals surface area contributed by atoms with Crippen LogP contribution in [0.3, 0.4) is 0 Å². The second-order valence-corrected chi connectivity index (χ2v) is 11.5. The third kappa shape index (κ3) is 10.7. The molecular formula is C30H36Cl2F2N4O6. The zero-order valence-electron chi connectivity index (χ0n) is 24.4. The summed E-state index contributed by atoms with van der Waals surface area (Å²) in [5, 5.41) is 7.58. The first-order chi connectivity index (χ1) is 20.9. The van der Waals surface area contributed by atoms with Crippen LogP contribution in [0, 0.1) is 5.92 Å². The minimum Gasteiger partial charge on any atom is -0.484 e. The highest BCUT2D eigenvalue weighted by Crippen LogP contribution is 2.24. The molecule has 3 rings (SSSR count). The van der Waals surface area contributed by atoms with Crippen LogP contribution >= 0.6 is 23.2 Å². The molecule has 0 radical (unpaired) electrons. The van der Waals surface area contributed by atoms with E-state index < -0.39 is 54.0 Å². The van der Waals surface area contributed by atoms with Crippen molar-refractivity contribution in [1.82, 2.24) is 20.9 Å². The average molecular weight is 658 g/mol. The summed E-state index contributed by atoms with van der Waals surface area (Å²) in [7, 11) is 0. The first-order valence-electron chi connectivity index (χ1n) is 14.1. The summed E-state index contributed by atoms with van der Waals surface area (Å²) < 4.78 is 40.8. The number of carbonyl (C=O) groups is 4. The van der Waals surface area contributed by atoms with Crippen LogP contribution in [0.15, 0.2) is 48.5 Å². The highest BCUT2D eigenvalue weighted by atomic mass is 35.5. The minimum atomic E-state index is -4.41. The van der Waals surface area contributed by atoms with E-state index in [0.29, 0.717) is 48.5 Å². The van der Waals surface area contributed by atoms with Crippen LogP contribution in [-0.4, -0.2) is 92.4 Å². The zero-order chi connectivity index (χ0) is 32.3. The lowest BCUT2D eigenvalue weighted by Crippen LogP contribution is -2.59. The number of amides is 3. The highest BCUT2D eigenvalue weighted by Gasteiger charge is 2.51. The van der Waals surface area contributed by atoms with Gasteiger partial charge < -0.3 is 25.4 Å². The Bertz CT molecular complexity index is 1280. The topological polar surface area (TPSA) is 126 Å². The first-order valence-corrected chi connectivity index (χ1v) is 14.9. The average Bonchev–Trinajstić information content (AvgIpc) is 2.98. The third-order valence-corrected chi connectivity index (χ3v) is 7.24. The molecule has 1 unspecified atom stereocenters. The molecule has 240 valence electrons. The normalized spacial score (nSPS) is 15.2. The van der Waals surface area contributed by atoms with Gasteiger partial charge in [-0.2, -0.15) is 8.78 Å². The lowest BCUT2D eigenvalue weighted by atomic mass is 9.94. The van der Waals surface area contributed by atoms with Crippen LogP contribution in [0.1, 0.15) is 19.4 Å². The summed E-state index contributed by atoms with van der Waals surface area (Å²) in [6, 6.07) is 10.1. The number of nitrogens with zero attached hydrogens (tertiary/aromatic N) is 1. The molecule has 14 heteroatoms. The number of nitrogens with one attached hydrogen (secondary N) is 3. The lowest BCUT2D eigenvalue weighted by molar-refractivity contribution is -0.161. The maximum absolute atomic E-state index is 15.1. The van der Waals surface area contributed by atoms with Crippen LogP contribution < -0.4 is 20.7 Å². The maximum Gasteiger partial charge on any atom is 0.383 e. The highest BCUT2D eigenvalue weighted by molar-refractivity contribution is 6.34. The Morgan fingerprint density at radius 3 is 2.25 bits per heavy atom. The Morgan fingerprint density at radius 2 is 1.64 bits per heavy atom. The summed E-state index contributed by atoms with van der Waals surface area (Å²) in [6.45, 7) is 4.87. The Kier molecular flexibility index (Phi) is 13.3. The van der Waals surface area contributed by atoms with Gasteiger partial charge in [-0.3, -0.25) is 24.1 Å². The molecule has 1 aliphatic heterocycles. The second-order valence-electron chi connectivity index (χ2n) is 10.6. The number of hydrogen-bond acceptors (Lipinski definition) is 7. The molecule has 2 aromatic carbocycles. The van der Waals surface area contributed by atoms with Crippen LogP contribution in [0.4, 0.5) is 8.78 Å². The number of halogens is 4. The van der Waals surface area contributed by atoms with Crippen molar-refractivity contribution in [2.75, 3.05) is 46.0 Å². The number of rotatable bonds is 15. The largest absolute Gasteiger partial charge is 0.484 e. The molecule has 1 fully saturated rings. The van der Waals surface area contributed by atoms with Crippen LogP contribution in [0.2, 0.25) is 10.0 Å². The van der Waals surface area contributed by atoms with E-state index in [1.165, 1.54) is 32.0 Å². The Morgan fingerprint density at radius 1 is 1.00 bits per heavy atom. The summed E-state index contributed by atoms with van der Waals surface area (Å²) in [5.74, 6) is -10.1. The number of benzene rings is 2. The fourth-order valence-electron chi connectivity index (χ4n) is 4.42. The van der Waals surface area contributed by atoms with Gasteiger partial charge in [0.25, 0.3) is 11.8 Å². The summed E-state index contributed by atoms with van der Waals surface area (Å²) >= 11 is 11.9. The minimum absolute atomic E-state index is 0.0150. The fraction of sp³-hybridized carbons (Fsp3) is 0.467. The standard InChI is InChI=1S/C30H36Cl2F2N4O6/c1-19(2)26(27(40)30(33,34)29(42)35-8-9-38-10-12-43-13-11-38)37-28(41)24(14-20-6-4-3-5-7-20)36-25(39)18-44-23-16-21(31)15-22(32)17-23/h3-7,15-17,19,24,26H,8-14,18H2,1-2H3,(H,35,42)(H,36,39)(H,37,41)/t24?,26-/m0/s1. The van der Waals surface area contributed by atoms with Gasteiger partial charge in [0.05, 0.1) is 19.3 Å². The summed E-state index contributed by atoms with van der Waals surface area (Å²) in [6.07, 6.45) is -0.0150. The summed E-state index contributed by atoms with van der Waals surface area (Å²) in [4.78, 5) is 53.5. The van der Waals surface area contributed by atoms with Crippen LogP contribution in [0.25, 0.3) is 0 Å². The Labute approximate surface area is 264 Å². The van der Waals surface area contributed by atoms with E-state index in [4.69, 9.17) is 32.7 Å². The van der Waals surface area contributed by atoms with Crippen molar-refractivity contribution in [3.63, 3.8) is 0 Å². The number of alkyl halides is 2. The molecular weight excluding hydrogens is 621 g/mol. The van der Waals surface area contributed by atoms with Crippen LogP contribution in [0.5, 0.6) is 5.75 Å². The van der Waals surface area contributed by atoms with Gasteiger partial charge in [0.1, 0.15) is 11.8 Å². The van der Waals surface area contributed by atoms with Gasteiger partial charge in [-0.05, 0) is 29.7 Å². The number of carbonyl (C=O) groups excluding carboxylic acids is 4. The van der Waals surface area contributed by atoms with Crippen molar-refractivity contribution in [2.45, 2.75) is 38.3 Å². The zero-order valence-corrected chi connectivity index (χ0v) is 25.9. The van der Waals surface area contributed by atoms with Crippen molar-refractivity contribution < 1.29 is 37.4 Å². The van der Waals surface area contributed by atoms with Crippen LogP contribution in [-0.2, 0) is 30.3 Å². The van der Waals surface area contributed by atoms with E-state index in [1.54, 1.807) is 30.3 Å². The summed E-state index contributed by atoms with van der Waals surface area (Å²) in [5.41, 5.74) is 0.660. The molecule has 0 aromatic heterocycles. The van der Waals surface area contributed by atoms with E-state index >= 15 is 8.78 Å². The fourth-order valence-corrected chi connectivity index (χ4v) is 4.92. The molecule has 3 N–H and O–H groups in total. The third-order valence-electron chi connectivity index (χ3n) is 6.80. The van der Waals surface area contributed by atoms with Gasteiger partial charge >= 0.3 is 5.92 Å². The van der Waals surface area contributed by atoms with E-state index in [1.807, 2.05) is 4.90 Å². The van der Waals surface area contributed by atoms with Crippen molar-refractivity contribution in [1.29, 1.82) is 0 Å². The first kappa shape index (κ1) is 35.2. The molecule has 2 aromatic rings. The smallest absolute Gasteiger partial charge is 0.383 e. The van der Waals surface area contributed by atoms with E-state index in [9.17, 15) is 19.2 Å². The van der Waals surface area contributed by atoms with Gasteiger partial charge in [-0.15, -0.1) is 0 Å². The molecule has 1 saturated heterocycles. The molecule has 0 aliphatic carbocycles. The molecule has 0 saturated carbocycles. The van der Waals surface area contributed by atoms with Crippen molar-refractivity contribution in [3.8, 4) is 5.75 Å². The predicted octanol–water partition coefficient (Wildman–Crippen LogP) is 2.89. The van der Waals surface area contributed by atoms with E-state index in [-0.39, 0.29) is 18.7 Å². The Hall–Kier alpha value is -3.32. The molecule has 3 amide bonds. The second kappa shape index (κ2) is 16.7. The van der Waals surface area contributed by atoms with Gasteiger partial charge in [0.2, 0.25) is 11.7 Å². The van der Waals surface area contributed by atoms with E-state index in [2.05, 4.69) is 16.0 Å². The molecule has 10 nitrogen and oxygen atoms in total. The molecule has 0 bridgehead atoms. The molecule has 44 heavy (non-hydrogen) atoms. The van der Waals surface area contributed by atoms with Gasteiger partial charge in [0.15, 0.2) is 6.61 Å². The number of Topliss-reactive ketones (excluding diaryl/α,β-unsaturated/α-hetero) is 1. The molecule has 1 heterocycles. The van der Waals surface area contributed by atoms with Crippen molar-refractivity contribution in [2.24, 2.45) is 5.92 Å². The van der Waals surface area contributed by atoms with Gasteiger partial charge in [-0.25, -0.2) is 0 Å². The quantitative estimate of drug-likeness (QED) is 0.252. The molecule has 2 atom stereocenters. The van der Waals surface area contributed by atoms with Gasteiger partial charge in [0, 0.05) is 42.6 Å². The molecule has 0 spiro atoms. The number of hydrogen-bond donors (Lipinski definition) is 3. The lowest BCUT2D eigenvalue weighted by Gasteiger charge is -2.28. The molecule has 1 aliphatic rings. The number of ketones is 1. The maximum atomic E-state index is 15.1. The monoisotopic (exact) mass is 656 g/mol. The Balaban J connectivity index is 1.67. The number of ether oxygens (including phenoxy) is 2. The van der Waals surface area contributed by atoms with Crippen molar-refractivity contribution in [3.05, 3.63) is 64.1 Å².